The first kappa shape index (κ1) is 14.3. The van der Waals surface area contributed by atoms with Crippen LogP contribution in [-0.4, -0.2) is 10.9 Å². The third-order valence-electron chi connectivity index (χ3n) is 2.97. The van der Waals surface area contributed by atoms with Crippen LogP contribution in [-0.2, 0) is 11.2 Å². The minimum absolute atomic E-state index is 0.0922. The summed E-state index contributed by atoms with van der Waals surface area (Å²) in [5, 5.41) is 3.11. The first-order chi connectivity index (χ1) is 9.56. The molecule has 0 unspecified atom stereocenters. The number of amides is 1. The van der Waals surface area contributed by atoms with Crippen LogP contribution in [0, 0.1) is 6.92 Å². The number of hydrogen-bond acceptors (Lipinski definition) is 3. The number of halogens is 1. The predicted molar refractivity (Wildman–Crippen MR) is 81.8 cm³/mol. The maximum atomic E-state index is 11.9. The van der Waals surface area contributed by atoms with Gasteiger partial charge in [-0.3, -0.25) is 4.79 Å². The monoisotopic (exact) mass is 289 g/mol. The molecule has 0 aliphatic rings. The van der Waals surface area contributed by atoms with Crippen molar-refractivity contribution in [2.45, 2.75) is 19.8 Å². The Morgan fingerprint density at radius 2 is 2.20 bits per heavy atom. The number of aromatic nitrogens is 1. The molecule has 0 aliphatic heterocycles. The highest BCUT2D eigenvalue weighted by Gasteiger charge is 2.09. The lowest BCUT2D eigenvalue weighted by Crippen LogP contribution is -2.14. The molecule has 0 atom stereocenters. The van der Waals surface area contributed by atoms with Crippen molar-refractivity contribution >= 4 is 28.9 Å². The zero-order valence-electron chi connectivity index (χ0n) is 11.2. The summed E-state index contributed by atoms with van der Waals surface area (Å²) in [7, 11) is 0. The fraction of sp³-hybridized carbons (Fsp3) is 0.200. The van der Waals surface area contributed by atoms with Crippen molar-refractivity contribution in [3.8, 4) is 0 Å². The van der Waals surface area contributed by atoms with Gasteiger partial charge in [0.15, 0.2) is 5.15 Å². The van der Waals surface area contributed by atoms with E-state index in [1.165, 1.54) is 0 Å². The van der Waals surface area contributed by atoms with Crippen LogP contribution in [0.3, 0.4) is 0 Å². The number of nitrogens with zero attached hydrogens (tertiary/aromatic N) is 1. The molecule has 4 nitrogen and oxygen atoms in total. The van der Waals surface area contributed by atoms with Crippen molar-refractivity contribution in [3.63, 3.8) is 0 Å². The Kier molecular flexibility index (Phi) is 4.58. The largest absolute Gasteiger partial charge is 0.399 e. The molecule has 20 heavy (non-hydrogen) atoms. The summed E-state index contributed by atoms with van der Waals surface area (Å²) in [5.74, 6) is -0.0922. The number of carbonyl (C=O) groups excluding carboxylic acids is 1. The highest BCUT2D eigenvalue weighted by molar-refractivity contribution is 6.32. The minimum Gasteiger partial charge on any atom is -0.399 e. The number of rotatable bonds is 4. The number of nitrogens with two attached hydrogens (primary N) is 1. The van der Waals surface area contributed by atoms with Crippen LogP contribution >= 0.6 is 11.6 Å². The molecule has 0 fully saturated rings. The second-order valence-corrected chi connectivity index (χ2v) is 4.94. The molecule has 3 N–H and O–H groups in total. The van der Waals surface area contributed by atoms with Crippen molar-refractivity contribution in [1.82, 2.24) is 4.98 Å². The smallest absolute Gasteiger partial charge is 0.224 e. The summed E-state index contributed by atoms with van der Waals surface area (Å²) in [6, 6.07) is 9.33. The number of nitrogen functional groups attached to an aromatic ring is 1. The standard InChI is InChI=1S/C15H16ClN3O/c1-10-7-8-18-15(16)14(10)19-13(20)6-5-11-3-2-4-12(17)9-11/h2-4,7-9H,5-6,17H2,1H3,(H,19,20). The molecule has 5 heteroatoms. The summed E-state index contributed by atoms with van der Waals surface area (Å²) in [5.41, 5.74) is 8.91. The molecule has 104 valence electrons. The average molecular weight is 290 g/mol. The first-order valence-corrected chi connectivity index (χ1v) is 6.69. The lowest BCUT2D eigenvalue weighted by molar-refractivity contribution is -0.116. The van der Waals surface area contributed by atoms with E-state index in [0.29, 0.717) is 29.4 Å². The number of pyridine rings is 1. The zero-order chi connectivity index (χ0) is 14.5. The van der Waals surface area contributed by atoms with E-state index in [2.05, 4.69) is 10.3 Å². The van der Waals surface area contributed by atoms with Crippen LogP contribution in [0.25, 0.3) is 0 Å². The van der Waals surface area contributed by atoms with Gasteiger partial charge in [0, 0.05) is 18.3 Å². The topological polar surface area (TPSA) is 68.0 Å². The number of aryl methyl sites for hydroxylation is 2. The van der Waals surface area contributed by atoms with Gasteiger partial charge in [0.05, 0.1) is 5.69 Å². The van der Waals surface area contributed by atoms with Gasteiger partial charge in [-0.2, -0.15) is 0 Å². The Balaban J connectivity index is 1.96. The molecule has 1 heterocycles. The SMILES string of the molecule is Cc1ccnc(Cl)c1NC(=O)CCc1cccc(N)c1. The Morgan fingerprint density at radius 3 is 2.90 bits per heavy atom. The Labute approximate surface area is 123 Å². The van der Waals surface area contributed by atoms with Crippen molar-refractivity contribution in [2.24, 2.45) is 0 Å². The molecule has 2 rings (SSSR count). The van der Waals surface area contributed by atoms with E-state index in [1.54, 1.807) is 12.3 Å². The highest BCUT2D eigenvalue weighted by Crippen LogP contribution is 2.23. The Bertz CT molecular complexity index is 608. The van der Waals surface area contributed by atoms with Crippen molar-refractivity contribution in [1.29, 1.82) is 0 Å². The molecule has 0 radical (unpaired) electrons. The van der Waals surface area contributed by atoms with Crippen molar-refractivity contribution in [3.05, 3.63) is 52.8 Å². The third kappa shape index (κ3) is 3.71. The lowest BCUT2D eigenvalue weighted by Gasteiger charge is -2.09. The Morgan fingerprint density at radius 1 is 1.40 bits per heavy atom. The van der Waals surface area contributed by atoms with Crippen LogP contribution < -0.4 is 11.1 Å². The summed E-state index contributed by atoms with van der Waals surface area (Å²) in [6.45, 7) is 1.88. The van der Waals surface area contributed by atoms with Crippen molar-refractivity contribution in [2.75, 3.05) is 11.1 Å². The van der Waals surface area contributed by atoms with E-state index in [0.717, 1.165) is 11.1 Å². The highest BCUT2D eigenvalue weighted by atomic mass is 35.5. The van der Waals surface area contributed by atoms with Crippen LogP contribution in [0.4, 0.5) is 11.4 Å². The summed E-state index contributed by atoms with van der Waals surface area (Å²) < 4.78 is 0. The number of anilines is 2. The van der Waals surface area contributed by atoms with Gasteiger partial charge < -0.3 is 11.1 Å². The third-order valence-corrected chi connectivity index (χ3v) is 3.26. The molecule has 1 aromatic carbocycles. The molecule has 1 aromatic heterocycles. The molecule has 1 amide bonds. The number of hydrogen-bond donors (Lipinski definition) is 2. The fourth-order valence-electron chi connectivity index (χ4n) is 1.88. The maximum Gasteiger partial charge on any atom is 0.224 e. The molecule has 0 aliphatic carbocycles. The molecule has 0 spiro atoms. The lowest BCUT2D eigenvalue weighted by atomic mass is 10.1. The second kappa shape index (κ2) is 6.39. The summed E-state index contributed by atoms with van der Waals surface area (Å²) in [6.07, 6.45) is 2.61. The van der Waals surface area contributed by atoms with E-state index in [1.807, 2.05) is 31.2 Å². The molecular formula is C15H16ClN3O. The molecular weight excluding hydrogens is 274 g/mol. The number of benzene rings is 1. The normalized spacial score (nSPS) is 10.3. The average Bonchev–Trinajstić information content (AvgIpc) is 2.41. The van der Waals surface area contributed by atoms with Gasteiger partial charge in [0.25, 0.3) is 0 Å². The van der Waals surface area contributed by atoms with Gasteiger partial charge in [0.2, 0.25) is 5.91 Å². The molecule has 0 saturated carbocycles. The predicted octanol–water partition coefficient (Wildman–Crippen LogP) is 3.20. The van der Waals surface area contributed by atoms with E-state index in [9.17, 15) is 4.79 Å². The van der Waals surface area contributed by atoms with Crippen LogP contribution in [0.5, 0.6) is 0 Å². The van der Waals surface area contributed by atoms with Gasteiger partial charge in [-0.25, -0.2) is 4.98 Å². The van der Waals surface area contributed by atoms with Gasteiger partial charge >= 0.3 is 0 Å². The number of carbonyl (C=O) groups is 1. The quantitative estimate of drug-likeness (QED) is 0.671. The minimum atomic E-state index is -0.0922. The van der Waals surface area contributed by atoms with Gasteiger partial charge in [-0.15, -0.1) is 0 Å². The van der Waals surface area contributed by atoms with E-state index >= 15 is 0 Å². The maximum absolute atomic E-state index is 11.9. The van der Waals surface area contributed by atoms with Crippen LogP contribution in [0.2, 0.25) is 5.15 Å². The molecule has 0 bridgehead atoms. The molecule has 0 saturated heterocycles. The van der Waals surface area contributed by atoms with Crippen molar-refractivity contribution < 1.29 is 4.79 Å². The summed E-state index contributed by atoms with van der Waals surface area (Å²) >= 11 is 5.97. The number of nitrogens with one attached hydrogen (secondary N) is 1. The fourth-order valence-corrected chi connectivity index (χ4v) is 2.14. The first-order valence-electron chi connectivity index (χ1n) is 6.31. The van der Waals surface area contributed by atoms with Crippen LogP contribution in [0.15, 0.2) is 36.5 Å². The van der Waals surface area contributed by atoms with Gasteiger partial charge in [-0.1, -0.05) is 23.7 Å². The second-order valence-electron chi connectivity index (χ2n) is 4.59. The van der Waals surface area contributed by atoms with Crippen LogP contribution in [0.1, 0.15) is 17.5 Å². The van der Waals surface area contributed by atoms with Gasteiger partial charge in [0.1, 0.15) is 0 Å². The summed E-state index contributed by atoms with van der Waals surface area (Å²) in [4.78, 5) is 15.9. The van der Waals surface area contributed by atoms with E-state index in [-0.39, 0.29) is 5.91 Å². The van der Waals surface area contributed by atoms with Gasteiger partial charge in [-0.05, 0) is 42.7 Å². The Hall–Kier alpha value is -2.07. The molecule has 2 aromatic rings. The zero-order valence-corrected chi connectivity index (χ0v) is 11.9. The van der Waals surface area contributed by atoms with E-state index in [4.69, 9.17) is 17.3 Å². The van der Waals surface area contributed by atoms with E-state index < -0.39 is 0 Å².